The summed E-state index contributed by atoms with van der Waals surface area (Å²) in [5.41, 5.74) is 0.400. The van der Waals surface area contributed by atoms with E-state index in [1.54, 1.807) is 42.5 Å². The molecule has 0 saturated carbocycles. The molecule has 0 aliphatic heterocycles. The lowest BCUT2D eigenvalue weighted by molar-refractivity contribution is -0.384. The Hall–Kier alpha value is -4.74. The highest BCUT2D eigenvalue weighted by Crippen LogP contribution is 2.28. The van der Waals surface area contributed by atoms with E-state index in [-0.39, 0.29) is 29.2 Å². The highest BCUT2D eigenvalue weighted by atomic mass is 35.5. The molecule has 1 N–H and O–H groups in total. The van der Waals surface area contributed by atoms with E-state index < -0.39 is 44.9 Å². The number of carbonyl (C=O) groups is 2. The molecule has 4 rings (SSSR count). The first-order valence-electron chi connectivity index (χ1n) is 14.5. The predicted octanol–water partition coefficient (Wildman–Crippen LogP) is 6.00. The normalized spacial score (nSPS) is 12.2. The fourth-order valence-corrected chi connectivity index (χ4v) is 6.36. The van der Waals surface area contributed by atoms with Gasteiger partial charge in [0.1, 0.15) is 12.6 Å². The number of carbonyl (C=O) groups excluding carboxylic acids is 2. The van der Waals surface area contributed by atoms with Gasteiger partial charge in [-0.25, -0.2) is 8.42 Å². The molecule has 0 aliphatic carbocycles. The summed E-state index contributed by atoms with van der Waals surface area (Å²) in [5.74, 6) is -1.11. The molecule has 0 radical (unpaired) electrons. The number of sulfonamides is 1. The van der Waals surface area contributed by atoms with Gasteiger partial charge in [0.05, 0.1) is 15.5 Å². The van der Waals surface area contributed by atoms with Crippen LogP contribution in [0.25, 0.3) is 0 Å². The molecule has 0 saturated heterocycles. The maximum Gasteiger partial charge on any atom is 0.271 e. The van der Waals surface area contributed by atoms with Crippen LogP contribution in [-0.4, -0.2) is 48.2 Å². The minimum Gasteiger partial charge on any atom is -0.350 e. The lowest BCUT2D eigenvalue weighted by Gasteiger charge is -2.35. The SMILES string of the molecule is CC(C)(C)NC(=O)[C@H](Cc1ccccc1)N(Cc1ccc(Cl)cc1)C(=O)CN(c1cccc([N+](=O)[O-])c1)S(=O)(=O)c1ccccc1. The van der Waals surface area contributed by atoms with Gasteiger partial charge in [-0.05, 0) is 62.2 Å². The molecule has 0 heterocycles. The molecule has 0 spiro atoms. The van der Waals surface area contributed by atoms with Gasteiger partial charge >= 0.3 is 0 Å². The average Bonchev–Trinajstić information content (AvgIpc) is 3.02. The Morgan fingerprint density at radius 1 is 0.870 bits per heavy atom. The summed E-state index contributed by atoms with van der Waals surface area (Å²) in [6.07, 6.45) is 0.143. The topological polar surface area (TPSA) is 130 Å². The number of rotatable bonds is 12. The second-order valence-corrected chi connectivity index (χ2v) is 14.0. The molecule has 10 nitrogen and oxygen atoms in total. The summed E-state index contributed by atoms with van der Waals surface area (Å²) >= 11 is 6.12. The second kappa shape index (κ2) is 14.6. The molecule has 0 aliphatic rings. The van der Waals surface area contributed by atoms with Crippen molar-refractivity contribution < 1.29 is 22.9 Å². The highest BCUT2D eigenvalue weighted by Gasteiger charge is 2.36. The standard InChI is InChI=1S/C34H35ClN4O6S/c1-34(2,3)36-33(41)31(21-25-11-6-4-7-12-25)37(23-26-17-19-27(35)20-18-26)32(40)24-38(28-13-10-14-29(22-28)39(42)43)46(44,45)30-15-8-5-9-16-30/h4-20,22,31H,21,23-24H2,1-3H3,(H,36,41)/t31-/m0/s1. The Balaban J connectivity index is 1.84. The molecular weight excluding hydrogens is 628 g/mol. The molecule has 46 heavy (non-hydrogen) atoms. The maximum atomic E-state index is 14.5. The molecule has 0 unspecified atom stereocenters. The van der Waals surface area contributed by atoms with Gasteiger partial charge in [0.25, 0.3) is 15.7 Å². The molecule has 240 valence electrons. The van der Waals surface area contributed by atoms with Crippen molar-refractivity contribution in [3.05, 3.63) is 135 Å². The summed E-state index contributed by atoms with van der Waals surface area (Å²) in [7, 11) is -4.39. The molecule has 4 aromatic carbocycles. The zero-order valence-electron chi connectivity index (χ0n) is 25.7. The number of nitro groups is 1. The van der Waals surface area contributed by atoms with E-state index in [9.17, 15) is 28.1 Å². The first-order valence-corrected chi connectivity index (χ1v) is 16.3. The zero-order valence-corrected chi connectivity index (χ0v) is 27.2. The molecule has 4 aromatic rings. The third-order valence-electron chi connectivity index (χ3n) is 6.97. The number of non-ortho nitro benzene ring substituents is 1. The number of amides is 2. The summed E-state index contributed by atoms with van der Waals surface area (Å²) < 4.78 is 28.9. The number of nitrogens with one attached hydrogen (secondary N) is 1. The maximum absolute atomic E-state index is 14.5. The van der Waals surface area contributed by atoms with Gasteiger partial charge in [0, 0.05) is 35.7 Å². The third-order valence-corrected chi connectivity index (χ3v) is 9.01. The Morgan fingerprint density at radius 2 is 1.48 bits per heavy atom. The van der Waals surface area contributed by atoms with E-state index in [4.69, 9.17) is 11.6 Å². The van der Waals surface area contributed by atoms with Crippen LogP contribution in [0.15, 0.2) is 114 Å². The summed E-state index contributed by atoms with van der Waals surface area (Å²) in [6.45, 7) is 4.70. The Kier molecular flexibility index (Phi) is 10.8. The van der Waals surface area contributed by atoms with Crippen LogP contribution in [0.2, 0.25) is 5.02 Å². The van der Waals surface area contributed by atoms with Gasteiger partial charge in [-0.15, -0.1) is 0 Å². The van der Waals surface area contributed by atoms with Crippen molar-refractivity contribution in [3.63, 3.8) is 0 Å². The summed E-state index contributed by atoms with van der Waals surface area (Å²) in [4.78, 5) is 40.6. The number of halogens is 1. The van der Waals surface area contributed by atoms with Gasteiger partial charge in [-0.3, -0.25) is 24.0 Å². The van der Waals surface area contributed by atoms with Crippen LogP contribution in [0.1, 0.15) is 31.9 Å². The third kappa shape index (κ3) is 8.92. The van der Waals surface area contributed by atoms with Crippen molar-refractivity contribution >= 4 is 44.8 Å². The fraction of sp³-hybridized carbons (Fsp3) is 0.235. The van der Waals surface area contributed by atoms with Crippen molar-refractivity contribution in [2.24, 2.45) is 0 Å². The number of anilines is 1. The van der Waals surface area contributed by atoms with Crippen LogP contribution in [0.3, 0.4) is 0 Å². The van der Waals surface area contributed by atoms with Crippen molar-refractivity contribution in [1.82, 2.24) is 10.2 Å². The van der Waals surface area contributed by atoms with Crippen LogP contribution in [0.4, 0.5) is 11.4 Å². The van der Waals surface area contributed by atoms with E-state index >= 15 is 0 Å². The quantitative estimate of drug-likeness (QED) is 0.146. The van der Waals surface area contributed by atoms with E-state index in [1.807, 2.05) is 51.1 Å². The largest absolute Gasteiger partial charge is 0.350 e. The Labute approximate surface area is 273 Å². The summed E-state index contributed by atoms with van der Waals surface area (Å²) in [6, 6.07) is 27.5. The summed E-state index contributed by atoms with van der Waals surface area (Å²) in [5, 5.41) is 15.1. The number of benzene rings is 4. The van der Waals surface area contributed by atoms with E-state index in [0.29, 0.717) is 10.6 Å². The number of nitrogens with zero attached hydrogens (tertiary/aromatic N) is 3. The van der Waals surface area contributed by atoms with Gasteiger partial charge in [-0.2, -0.15) is 0 Å². The molecule has 0 fully saturated rings. The van der Waals surface area contributed by atoms with Crippen LogP contribution < -0.4 is 9.62 Å². The number of hydrogen-bond acceptors (Lipinski definition) is 6. The zero-order chi connectivity index (χ0) is 33.5. The van der Waals surface area contributed by atoms with Crippen molar-refractivity contribution in [3.8, 4) is 0 Å². The van der Waals surface area contributed by atoms with Crippen LogP contribution in [-0.2, 0) is 32.6 Å². The number of hydrogen-bond donors (Lipinski definition) is 1. The average molecular weight is 663 g/mol. The van der Waals surface area contributed by atoms with Crippen LogP contribution >= 0.6 is 11.6 Å². The number of nitro benzene ring substituents is 1. The van der Waals surface area contributed by atoms with Gasteiger partial charge in [0.2, 0.25) is 11.8 Å². The second-order valence-electron chi connectivity index (χ2n) is 11.7. The lowest BCUT2D eigenvalue weighted by Crippen LogP contribution is -2.56. The molecular formula is C34H35ClN4O6S. The Bertz CT molecular complexity index is 1780. The minimum absolute atomic E-state index is 0.0424. The minimum atomic E-state index is -4.39. The van der Waals surface area contributed by atoms with E-state index in [2.05, 4.69) is 5.32 Å². The van der Waals surface area contributed by atoms with Crippen molar-refractivity contribution in [2.75, 3.05) is 10.8 Å². The molecule has 1 atom stereocenters. The van der Waals surface area contributed by atoms with Crippen molar-refractivity contribution in [2.45, 2.75) is 50.2 Å². The molecule has 12 heteroatoms. The highest BCUT2D eigenvalue weighted by molar-refractivity contribution is 7.92. The fourth-order valence-electron chi connectivity index (χ4n) is 4.80. The van der Waals surface area contributed by atoms with Crippen LogP contribution in [0, 0.1) is 10.1 Å². The van der Waals surface area contributed by atoms with Crippen LogP contribution in [0.5, 0.6) is 0 Å². The predicted molar refractivity (Wildman–Crippen MR) is 178 cm³/mol. The van der Waals surface area contributed by atoms with Gasteiger partial charge in [-0.1, -0.05) is 78.3 Å². The molecule has 2 amide bonds. The lowest BCUT2D eigenvalue weighted by atomic mass is 10.0. The Morgan fingerprint density at radius 3 is 2.07 bits per heavy atom. The van der Waals surface area contributed by atoms with Crippen molar-refractivity contribution in [1.29, 1.82) is 0 Å². The van der Waals surface area contributed by atoms with E-state index in [0.717, 1.165) is 15.9 Å². The van der Waals surface area contributed by atoms with E-state index in [1.165, 1.54) is 35.2 Å². The molecule has 0 aromatic heterocycles. The van der Waals surface area contributed by atoms with Gasteiger partial charge < -0.3 is 10.2 Å². The monoisotopic (exact) mass is 662 g/mol. The smallest absolute Gasteiger partial charge is 0.271 e. The first kappa shape index (κ1) is 34.1. The van der Waals surface area contributed by atoms with Gasteiger partial charge in [0.15, 0.2) is 0 Å². The molecule has 0 bridgehead atoms. The first-order chi connectivity index (χ1) is 21.7.